The number of amides is 2. The summed E-state index contributed by atoms with van der Waals surface area (Å²) in [5, 5.41) is 13.7. The molecule has 3 heterocycles. The first kappa shape index (κ1) is 28.8. The normalized spacial score (nSPS) is 20.2. The number of pyridine rings is 1. The van der Waals surface area contributed by atoms with E-state index in [4.69, 9.17) is 4.98 Å². The Morgan fingerprint density at radius 3 is 2.63 bits per heavy atom. The van der Waals surface area contributed by atoms with Crippen molar-refractivity contribution in [1.82, 2.24) is 25.2 Å². The van der Waals surface area contributed by atoms with Crippen molar-refractivity contribution in [3.05, 3.63) is 48.0 Å². The van der Waals surface area contributed by atoms with Gasteiger partial charge >= 0.3 is 6.09 Å². The number of likely N-dealkylation sites (tertiary alicyclic amines) is 1. The summed E-state index contributed by atoms with van der Waals surface area (Å²) in [6.45, 7) is 6.84. The van der Waals surface area contributed by atoms with Crippen LogP contribution in [0.25, 0.3) is 22.2 Å². The number of Topliss-reactive ketones (excluding diaryl/α,β-unsaturated/α-hetero) is 1. The quantitative estimate of drug-likeness (QED) is 0.240. The van der Waals surface area contributed by atoms with E-state index in [1.165, 1.54) is 4.90 Å². The Kier molecular flexibility index (Phi) is 8.16. The number of ketones is 1. The number of piperidine rings is 1. The molecule has 41 heavy (non-hydrogen) atoms. The highest BCUT2D eigenvalue weighted by Crippen LogP contribution is 2.69. The van der Waals surface area contributed by atoms with Gasteiger partial charge in [-0.1, -0.05) is 38.8 Å². The van der Waals surface area contributed by atoms with Crippen molar-refractivity contribution in [2.45, 2.75) is 84.6 Å². The molecule has 1 aliphatic heterocycles. The number of benzene rings is 1. The maximum atomic E-state index is 13.7. The smallest absolute Gasteiger partial charge is 0.407 e. The Labute approximate surface area is 241 Å². The van der Waals surface area contributed by atoms with Crippen molar-refractivity contribution >= 4 is 28.7 Å². The zero-order chi connectivity index (χ0) is 29.2. The number of imidazole rings is 1. The number of carboxylic acid groups (broad SMARTS) is 1. The standard InChI is InChI=1S/C32H41N5O4/c1-4-24(38)8-6-5-7-9-26(36-29(39)31(3)20-32(31)14-16-37(17-15-32)30(40)41)28-33-19-27(35-28)23-12-13-25-22(18-23)11-10-21(2)34-25/h10-13,18-19,26H,4-9,14-17,20H2,1-3H3,(H,33,35)(H,36,39)(H,40,41). The molecule has 9 heteroatoms. The van der Waals surface area contributed by atoms with E-state index in [2.05, 4.69) is 27.4 Å². The van der Waals surface area contributed by atoms with Crippen LogP contribution in [-0.4, -0.2) is 55.8 Å². The third-order valence-electron chi connectivity index (χ3n) is 9.44. The fourth-order valence-electron chi connectivity index (χ4n) is 6.48. The highest BCUT2D eigenvalue weighted by Gasteiger charge is 2.68. The number of aromatic amines is 1. The van der Waals surface area contributed by atoms with Gasteiger partial charge in [0.15, 0.2) is 0 Å². The number of hydrogen-bond donors (Lipinski definition) is 3. The molecule has 2 amide bonds. The Morgan fingerprint density at radius 2 is 1.90 bits per heavy atom. The largest absolute Gasteiger partial charge is 0.465 e. The van der Waals surface area contributed by atoms with E-state index < -0.39 is 11.5 Å². The number of nitrogens with zero attached hydrogens (tertiary/aromatic N) is 3. The zero-order valence-electron chi connectivity index (χ0n) is 24.3. The lowest BCUT2D eigenvalue weighted by atomic mass is 9.84. The third kappa shape index (κ3) is 5.99. The number of hydrogen-bond acceptors (Lipinski definition) is 5. The van der Waals surface area contributed by atoms with Gasteiger partial charge in [0.05, 0.1) is 28.9 Å². The van der Waals surface area contributed by atoms with Gasteiger partial charge in [-0.05, 0) is 62.6 Å². The lowest BCUT2D eigenvalue weighted by molar-refractivity contribution is -0.128. The Bertz CT molecular complexity index is 1440. The molecule has 3 N–H and O–H groups in total. The molecule has 2 fully saturated rings. The second kappa shape index (κ2) is 11.6. The van der Waals surface area contributed by atoms with E-state index in [1.807, 2.05) is 45.2 Å². The van der Waals surface area contributed by atoms with Crippen LogP contribution in [0.15, 0.2) is 36.5 Å². The summed E-state index contributed by atoms with van der Waals surface area (Å²) in [5.41, 5.74) is 3.15. The van der Waals surface area contributed by atoms with Gasteiger partial charge in [0.25, 0.3) is 0 Å². The molecule has 0 bridgehead atoms. The molecule has 1 aromatic carbocycles. The van der Waals surface area contributed by atoms with Crippen LogP contribution in [-0.2, 0) is 9.59 Å². The molecule has 9 nitrogen and oxygen atoms in total. The molecule has 2 unspecified atom stereocenters. The number of fused-ring (bicyclic) bond motifs is 1. The van der Waals surface area contributed by atoms with Gasteiger partial charge in [0, 0.05) is 42.6 Å². The Hall–Kier alpha value is -3.75. The zero-order valence-corrected chi connectivity index (χ0v) is 24.3. The summed E-state index contributed by atoms with van der Waals surface area (Å²) in [4.78, 5) is 51.0. The SMILES string of the molecule is CCC(=O)CCCCCC(NC(=O)C1(C)CC12CCN(C(=O)O)CC2)c1ncc(-c2ccc3nc(C)ccc3c2)[nH]1. The molecule has 1 aliphatic carbocycles. The number of aromatic nitrogens is 3. The summed E-state index contributed by atoms with van der Waals surface area (Å²) < 4.78 is 0. The van der Waals surface area contributed by atoms with Crippen molar-refractivity contribution in [3.63, 3.8) is 0 Å². The van der Waals surface area contributed by atoms with E-state index in [-0.39, 0.29) is 23.1 Å². The van der Waals surface area contributed by atoms with E-state index in [9.17, 15) is 19.5 Å². The number of carbonyl (C=O) groups is 3. The van der Waals surface area contributed by atoms with Crippen molar-refractivity contribution in [1.29, 1.82) is 0 Å². The number of rotatable bonds is 11. The lowest BCUT2D eigenvalue weighted by Gasteiger charge is -2.33. The second-order valence-corrected chi connectivity index (χ2v) is 12.1. The van der Waals surface area contributed by atoms with E-state index in [0.29, 0.717) is 38.8 Å². The molecular formula is C32H41N5O4. The van der Waals surface area contributed by atoms with Gasteiger partial charge < -0.3 is 20.3 Å². The van der Waals surface area contributed by atoms with Crippen LogP contribution >= 0.6 is 0 Å². The molecule has 5 rings (SSSR count). The molecule has 2 aliphatic rings. The highest BCUT2D eigenvalue weighted by molar-refractivity contribution is 5.87. The summed E-state index contributed by atoms with van der Waals surface area (Å²) in [5.74, 6) is 1.02. The monoisotopic (exact) mass is 559 g/mol. The van der Waals surface area contributed by atoms with Gasteiger partial charge in [-0.15, -0.1) is 0 Å². The minimum absolute atomic E-state index is 0.0116. The molecule has 1 saturated heterocycles. The minimum Gasteiger partial charge on any atom is -0.465 e. The predicted octanol–water partition coefficient (Wildman–Crippen LogP) is 6.19. The Balaban J connectivity index is 1.30. The van der Waals surface area contributed by atoms with Gasteiger partial charge in [0.1, 0.15) is 11.6 Å². The van der Waals surface area contributed by atoms with Crippen LogP contribution in [0.2, 0.25) is 0 Å². The van der Waals surface area contributed by atoms with Crippen molar-refractivity contribution in [2.24, 2.45) is 10.8 Å². The number of carbonyl (C=O) groups excluding carboxylic acids is 2. The average molecular weight is 560 g/mol. The van der Waals surface area contributed by atoms with Gasteiger partial charge in [0.2, 0.25) is 5.91 Å². The van der Waals surface area contributed by atoms with Crippen LogP contribution in [0, 0.1) is 17.8 Å². The maximum Gasteiger partial charge on any atom is 0.407 e. The third-order valence-corrected chi connectivity index (χ3v) is 9.44. The van der Waals surface area contributed by atoms with Gasteiger partial charge in [-0.25, -0.2) is 9.78 Å². The van der Waals surface area contributed by atoms with Crippen LogP contribution in [0.1, 0.15) is 89.2 Å². The molecule has 1 spiro atoms. The van der Waals surface area contributed by atoms with Crippen molar-refractivity contribution < 1.29 is 19.5 Å². The summed E-state index contributed by atoms with van der Waals surface area (Å²) in [7, 11) is 0. The summed E-state index contributed by atoms with van der Waals surface area (Å²) in [6, 6.07) is 9.92. The first-order valence-corrected chi connectivity index (χ1v) is 14.9. The van der Waals surface area contributed by atoms with Crippen molar-refractivity contribution in [2.75, 3.05) is 13.1 Å². The molecule has 218 valence electrons. The summed E-state index contributed by atoms with van der Waals surface area (Å²) in [6.07, 6.45) is 7.64. The maximum absolute atomic E-state index is 13.7. The topological polar surface area (TPSA) is 128 Å². The van der Waals surface area contributed by atoms with Crippen LogP contribution in [0.3, 0.4) is 0 Å². The van der Waals surface area contributed by atoms with Crippen LogP contribution < -0.4 is 5.32 Å². The molecule has 3 aromatic rings. The molecule has 1 saturated carbocycles. The predicted molar refractivity (Wildman–Crippen MR) is 157 cm³/mol. The minimum atomic E-state index is -0.890. The average Bonchev–Trinajstić information content (AvgIpc) is 3.29. The fourth-order valence-corrected chi connectivity index (χ4v) is 6.48. The fraction of sp³-hybridized carbons (Fsp3) is 0.531. The van der Waals surface area contributed by atoms with Crippen LogP contribution in [0.5, 0.6) is 0 Å². The van der Waals surface area contributed by atoms with E-state index in [1.54, 1.807) is 0 Å². The summed E-state index contributed by atoms with van der Waals surface area (Å²) >= 11 is 0. The number of aryl methyl sites for hydroxylation is 1. The molecule has 0 radical (unpaired) electrons. The number of H-pyrrole nitrogens is 1. The first-order chi connectivity index (χ1) is 19.6. The van der Waals surface area contributed by atoms with Crippen LogP contribution in [0.4, 0.5) is 4.79 Å². The van der Waals surface area contributed by atoms with Gasteiger partial charge in [-0.2, -0.15) is 0 Å². The van der Waals surface area contributed by atoms with E-state index in [0.717, 1.165) is 65.8 Å². The molecular weight excluding hydrogens is 518 g/mol. The molecule has 2 aromatic heterocycles. The number of nitrogens with one attached hydrogen (secondary N) is 2. The second-order valence-electron chi connectivity index (χ2n) is 12.1. The van der Waals surface area contributed by atoms with Crippen molar-refractivity contribution in [3.8, 4) is 11.3 Å². The first-order valence-electron chi connectivity index (χ1n) is 14.9. The van der Waals surface area contributed by atoms with Gasteiger partial charge in [-0.3, -0.25) is 14.6 Å². The lowest BCUT2D eigenvalue weighted by Crippen LogP contribution is -2.43. The van der Waals surface area contributed by atoms with E-state index >= 15 is 0 Å². The Morgan fingerprint density at radius 1 is 1.12 bits per heavy atom. The number of unbranched alkanes of at least 4 members (excludes halogenated alkanes) is 2. The highest BCUT2D eigenvalue weighted by atomic mass is 16.4. The molecule has 2 atom stereocenters.